The molecule has 1 fully saturated rings. The molecule has 0 aliphatic carbocycles. The van der Waals surface area contributed by atoms with Crippen LogP contribution in [0.25, 0.3) is 0 Å². The van der Waals surface area contributed by atoms with Crippen LogP contribution in [0.3, 0.4) is 0 Å². The van der Waals surface area contributed by atoms with Gasteiger partial charge in [0.2, 0.25) is 0 Å². The molecule has 3 rings (SSSR count). The summed E-state index contributed by atoms with van der Waals surface area (Å²) in [5.74, 6) is 0.116. The van der Waals surface area contributed by atoms with Crippen molar-refractivity contribution in [1.29, 1.82) is 0 Å². The van der Waals surface area contributed by atoms with E-state index in [9.17, 15) is 19.7 Å². The van der Waals surface area contributed by atoms with Gasteiger partial charge in [-0.1, -0.05) is 6.92 Å². The van der Waals surface area contributed by atoms with Crippen LogP contribution in [0.1, 0.15) is 54.3 Å². The molecule has 32 heavy (non-hydrogen) atoms. The van der Waals surface area contributed by atoms with E-state index < -0.39 is 10.8 Å². The van der Waals surface area contributed by atoms with E-state index in [1.165, 1.54) is 6.07 Å². The highest BCUT2D eigenvalue weighted by molar-refractivity contribution is 6.05. The van der Waals surface area contributed by atoms with E-state index in [0.29, 0.717) is 35.9 Å². The summed E-state index contributed by atoms with van der Waals surface area (Å²) in [6.45, 7) is 8.82. The summed E-state index contributed by atoms with van der Waals surface area (Å²) >= 11 is 0. The summed E-state index contributed by atoms with van der Waals surface area (Å²) in [6.07, 6.45) is 1.98. The van der Waals surface area contributed by atoms with Crippen molar-refractivity contribution in [1.82, 2.24) is 4.90 Å². The second-order valence-corrected chi connectivity index (χ2v) is 8.14. The lowest BCUT2D eigenvalue weighted by Crippen LogP contribution is -2.33. The Morgan fingerprint density at radius 2 is 1.66 bits per heavy atom. The van der Waals surface area contributed by atoms with Gasteiger partial charge in [0.1, 0.15) is 5.69 Å². The van der Waals surface area contributed by atoms with Crippen LogP contribution in [0.2, 0.25) is 0 Å². The van der Waals surface area contributed by atoms with E-state index in [4.69, 9.17) is 0 Å². The maximum atomic E-state index is 12.7. The van der Waals surface area contributed by atoms with Gasteiger partial charge in [-0.05, 0) is 69.0 Å². The zero-order valence-corrected chi connectivity index (χ0v) is 18.8. The van der Waals surface area contributed by atoms with Crippen LogP contribution in [0, 0.1) is 16.0 Å². The van der Waals surface area contributed by atoms with Crippen LogP contribution in [0.4, 0.5) is 17.1 Å². The third-order valence-corrected chi connectivity index (χ3v) is 6.00. The van der Waals surface area contributed by atoms with E-state index in [1.807, 2.05) is 18.7 Å². The van der Waals surface area contributed by atoms with Crippen molar-refractivity contribution in [2.75, 3.05) is 36.4 Å². The first-order valence-corrected chi connectivity index (χ1v) is 11.1. The van der Waals surface area contributed by atoms with Gasteiger partial charge in [-0.15, -0.1) is 0 Å². The fraction of sp³-hybridized carbons (Fsp3) is 0.417. The number of benzene rings is 2. The highest BCUT2D eigenvalue weighted by atomic mass is 16.6. The van der Waals surface area contributed by atoms with Crippen molar-refractivity contribution in [2.24, 2.45) is 5.92 Å². The molecule has 1 N–H and O–H groups in total. The first-order valence-electron chi connectivity index (χ1n) is 11.1. The molecular weight excluding hydrogens is 408 g/mol. The molecule has 1 aliphatic rings. The number of carbonyl (C=O) groups excluding carboxylic acids is 2. The first kappa shape index (κ1) is 23.2. The summed E-state index contributed by atoms with van der Waals surface area (Å²) in [4.78, 5) is 40.1. The van der Waals surface area contributed by atoms with Crippen LogP contribution in [0.5, 0.6) is 0 Å². The molecule has 8 heteroatoms. The molecule has 0 radical (unpaired) electrons. The number of nitro groups is 1. The van der Waals surface area contributed by atoms with Gasteiger partial charge < -0.3 is 15.1 Å². The minimum atomic E-state index is -0.435. The standard InChI is InChI=1S/C24H30N4O4/c1-4-26(5-2)24(30)18-6-9-20(10-7-18)25-23(29)19-8-11-21(22(16-19)28(31)32)27-14-12-17(3)13-15-27/h6-11,16-17H,4-5,12-15H2,1-3H3,(H,25,29). The number of hydrogen-bond donors (Lipinski definition) is 1. The normalized spacial score (nSPS) is 14.2. The molecule has 0 atom stereocenters. The number of carbonyl (C=O) groups is 2. The average molecular weight is 439 g/mol. The number of hydrogen-bond acceptors (Lipinski definition) is 5. The summed E-state index contributed by atoms with van der Waals surface area (Å²) in [7, 11) is 0. The fourth-order valence-corrected chi connectivity index (χ4v) is 3.92. The Morgan fingerprint density at radius 1 is 1.06 bits per heavy atom. The summed E-state index contributed by atoms with van der Waals surface area (Å²) in [6, 6.07) is 11.3. The van der Waals surface area contributed by atoms with Gasteiger partial charge in [-0.25, -0.2) is 0 Å². The zero-order valence-electron chi connectivity index (χ0n) is 18.8. The highest BCUT2D eigenvalue weighted by Crippen LogP contribution is 2.32. The summed E-state index contributed by atoms with van der Waals surface area (Å²) in [5.41, 5.74) is 1.77. The SMILES string of the molecule is CCN(CC)C(=O)c1ccc(NC(=O)c2ccc(N3CCC(C)CC3)c([N+](=O)[O-])c2)cc1. The fourth-order valence-electron chi connectivity index (χ4n) is 3.92. The van der Waals surface area contributed by atoms with Crippen molar-refractivity contribution in [3.63, 3.8) is 0 Å². The lowest BCUT2D eigenvalue weighted by Gasteiger charge is -2.31. The van der Waals surface area contributed by atoms with Gasteiger partial charge >= 0.3 is 0 Å². The van der Waals surface area contributed by atoms with Gasteiger partial charge in [-0.3, -0.25) is 19.7 Å². The monoisotopic (exact) mass is 438 g/mol. The number of nitrogens with zero attached hydrogens (tertiary/aromatic N) is 3. The average Bonchev–Trinajstić information content (AvgIpc) is 2.80. The van der Waals surface area contributed by atoms with Gasteiger partial charge in [-0.2, -0.15) is 0 Å². The van der Waals surface area contributed by atoms with Gasteiger partial charge in [0.25, 0.3) is 17.5 Å². The van der Waals surface area contributed by atoms with Crippen molar-refractivity contribution >= 4 is 28.9 Å². The quantitative estimate of drug-likeness (QED) is 0.505. The number of nitro benzene ring substituents is 1. The second-order valence-electron chi connectivity index (χ2n) is 8.14. The maximum absolute atomic E-state index is 12.7. The molecule has 1 saturated heterocycles. The topological polar surface area (TPSA) is 95.8 Å². The third-order valence-electron chi connectivity index (χ3n) is 6.00. The van der Waals surface area contributed by atoms with Crippen molar-refractivity contribution in [2.45, 2.75) is 33.6 Å². The predicted molar refractivity (Wildman–Crippen MR) is 125 cm³/mol. The molecule has 0 bridgehead atoms. The minimum Gasteiger partial charge on any atom is -0.366 e. The Bertz CT molecular complexity index is 978. The molecule has 170 valence electrons. The number of amides is 2. The van der Waals surface area contributed by atoms with Gasteiger partial charge in [0, 0.05) is 49.1 Å². The molecule has 2 aromatic rings. The zero-order chi connectivity index (χ0) is 23.3. The molecule has 0 unspecified atom stereocenters. The molecule has 8 nitrogen and oxygen atoms in total. The Balaban J connectivity index is 1.74. The number of piperidine rings is 1. The number of anilines is 2. The van der Waals surface area contributed by atoms with Gasteiger partial charge in [0.15, 0.2) is 0 Å². The van der Waals surface area contributed by atoms with Crippen LogP contribution in [-0.4, -0.2) is 47.8 Å². The second kappa shape index (κ2) is 10.3. The van der Waals surface area contributed by atoms with Crippen LogP contribution in [-0.2, 0) is 0 Å². The lowest BCUT2D eigenvalue weighted by atomic mass is 9.98. The predicted octanol–water partition coefficient (Wildman–Crippen LogP) is 4.57. The summed E-state index contributed by atoms with van der Waals surface area (Å²) < 4.78 is 0. The summed E-state index contributed by atoms with van der Waals surface area (Å²) in [5, 5.41) is 14.4. The van der Waals surface area contributed by atoms with E-state index in [2.05, 4.69) is 12.2 Å². The third kappa shape index (κ3) is 5.25. The molecule has 1 aliphatic heterocycles. The van der Waals surface area contributed by atoms with E-state index >= 15 is 0 Å². The van der Waals surface area contributed by atoms with Gasteiger partial charge in [0.05, 0.1) is 4.92 Å². The molecule has 2 aromatic carbocycles. The van der Waals surface area contributed by atoms with E-state index in [-0.39, 0.29) is 17.2 Å². The van der Waals surface area contributed by atoms with Crippen molar-refractivity contribution < 1.29 is 14.5 Å². The molecule has 2 amide bonds. The van der Waals surface area contributed by atoms with Crippen LogP contribution >= 0.6 is 0 Å². The number of rotatable bonds is 7. The Morgan fingerprint density at radius 3 is 2.22 bits per heavy atom. The number of nitrogens with one attached hydrogen (secondary N) is 1. The first-order chi connectivity index (χ1) is 15.3. The molecule has 0 spiro atoms. The Labute approximate surface area is 188 Å². The van der Waals surface area contributed by atoms with Crippen LogP contribution < -0.4 is 10.2 Å². The largest absolute Gasteiger partial charge is 0.366 e. The van der Waals surface area contributed by atoms with Crippen molar-refractivity contribution in [3.8, 4) is 0 Å². The molecule has 0 aromatic heterocycles. The van der Waals surface area contributed by atoms with Crippen LogP contribution in [0.15, 0.2) is 42.5 Å². The Hall–Kier alpha value is -3.42. The van der Waals surface area contributed by atoms with E-state index in [0.717, 1.165) is 25.9 Å². The highest BCUT2D eigenvalue weighted by Gasteiger charge is 2.25. The maximum Gasteiger partial charge on any atom is 0.293 e. The minimum absolute atomic E-state index is 0.0626. The molecule has 0 saturated carbocycles. The lowest BCUT2D eigenvalue weighted by molar-refractivity contribution is -0.384. The Kier molecular flexibility index (Phi) is 7.45. The molecular formula is C24H30N4O4. The molecule has 1 heterocycles. The van der Waals surface area contributed by atoms with E-state index in [1.54, 1.807) is 41.3 Å². The van der Waals surface area contributed by atoms with Crippen molar-refractivity contribution in [3.05, 3.63) is 63.7 Å². The smallest absolute Gasteiger partial charge is 0.293 e.